The molecule has 1 aromatic heterocycles. The molecule has 2 fully saturated rings. The number of thioether (sulfide) groups is 3. The first-order valence-corrected chi connectivity index (χ1v) is 12.9. The summed E-state index contributed by atoms with van der Waals surface area (Å²) in [7, 11) is 2.62. The van der Waals surface area contributed by atoms with Crippen LogP contribution in [-0.4, -0.2) is 99.8 Å². The van der Waals surface area contributed by atoms with Crippen molar-refractivity contribution in [1.82, 2.24) is 30.4 Å². The zero-order chi connectivity index (χ0) is 27.7. The number of rotatable bonds is 11. The number of methoxy groups -OCH3 is 1. The second-order valence-electron chi connectivity index (χ2n) is 7.05. The number of aromatic nitrogens is 4. The molecule has 3 amide bonds. The molecule has 5 N–H and O–H groups in total. The number of hydrogen-bond donors (Lipinski definition) is 5. The van der Waals surface area contributed by atoms with Gasteiger partial charge in [0, 0.05) is 25.5 Å². The highest BCUT2D eigenvalue weighted by molar-refractivity contribution is 8.39. The lowest BCUT2D eigenvalue weighted by Crippen LogP contribution is -2.79. The van der Waals surface area contributed by atoms with Crippen LogP contribution in [0, 0.1) is 0 Å². The van der Waals surface area contributed by atoms with Crippen LogP contribution < -0.4 is 11.1 Å². The molecule has 0 spiro atoms. The standard InChI is InChI=1S/C17H17N7O9S4/c1-23-16(20-21-22-23)35-4-5(3-25)7(11(30)31)24-14(32)17(33-2,15(24)34)19-9(27)13-36-12(37-13)6(8(18)26)10(28)29/h3,13,15,34H,4H2,1-2H3,(H2,18,26)(H,19,27)(H,28,29)(H,30,31)/t13?,15-,17+/m1/s1. The molecule has 0 bridgehead atoms. The Morgan fingerprint density at radius 1 is 1.30 bits per heavy atom. The average Bonchev–Trinajstić information content (AvgIpc) is 3.22. The van der Waals surface area contributed by atoms with Gasteiger partial charge < -0.3 is 26.0 Å². The second kappa shape index (κ2) is 11.1. The van der Waals surface area contributed by atoms with Gasteiger partial charge in [0.2, 0.25) is 11.1 Å². The monoisotopic (exact) mass is 591 g/mol. The van der Waals surface area contributed by atoms with Gasteiger partial charge in [0.15, 0.2) is 0 Å². The number of likely N-dealkylation sites (tertiary alicyclic amines) is 1. The van der Waals surface area contributed by atoms with Crippen LogP contribution in [0.25, 0.3) is 0 Å². The molecule has 2 atom stereocenters. The summed E-state index contributed by atoms with van der Waals surface area (Å²) >= 11 is 6.67. The van der Waals surface area contributed by atoms with Crippen LogP contribution in [-0.2, 0) is 40.6 Å². The van der Waals surface area contributed by atoms with Gasteiger partial charge in [-0.3, -0.25) is 24.1 Å². The van der Waals surface area contributed by atoms with E-state index in [1.807, 2.05) is 0 Å². The number of thiol groups is 1. The van der Waals surface area contributed by atoms with Crippen LogP contribution in [0.4, 0.5) is 0 Å². The number of carbonyl (C=O) groups excluding carboxylic acids is 4. The second-order valence-corrected chi connectivity index (χ2v) is 11.3. The number of primary amides is 1. The SMILES string of the molecule is CO[C@@]1(NC(=O)C2SC(=C(C(N)=O)C(=O)O)S2)C(=O)N(C(C(=O)O)=C(C=O)CSc2nnnn2C)[C@@H]1S. The molecular formula is C17H17N7O9S4. The third-order valence-electron chi connectivity index (χ3n) is 4.91. The van der Waals surface area contributed by atoms with Crippen molar-refractivity contribution >= 4 is 83.9 Å². The lowest BCUT2D eigenvalue weighted by Gasteiger charge is -2.52. The Bertz CT molecular complexity index is 1240. The van der Waals surface area contributed by atoms with Gasteiger partial charge in [-0.25, -0.2) is 14.3 Å². The van der Waals surface area contributed by atoms with Gasteiger partial charge in [0.05, 0.1) is 4.24 Å². The number of aliphatic carboxylic acids is 2. The van der Waals surface area contributed by atoms with E-state index in [1.54, 1.807) is 0 Å². The summed E-state index contributed by atoms with van der Waals surface area (Å²) in [5.74, 6) is -6.34. The maximum Gasteiger partial charge on any atom is 0.353 e. The quantitative estimate of drug-likeness (QED) is 0.0273. The van der Waals surface area contributed by atoms with E-state index in [9.17, 15) is 33.9 Å². The van der Waals surface area contributed by atoms with Crippen molar-refractivity contribution in [3.8, 4) is 0 Å². The summed E-state index contributed by atoms with van der Waals surface area (Å²) in [6.07, 6.45) is 0.272. The van der Waals surface area contributed by atoms with E-state index in [4.69, 9.17) is 15.6 Å². The molecule has 0 aromatic carbocycles. The summed E-state index contributed by atoms with van der Waals surface area (Å²) < 4.78 is 5.56. The number of carbonyl (C=O) groups is 6. The number of carboxylic acids is 2. The van der Waals surface area contributed by atoms with Gasteiger partial charge in [0.25, 0.3) is 17.5 Å². The number of β-lactam (4-membered cyclic amide) rings is 1. The molecule has 0 saturated carbocycles. The van der Waals surface area contributed by atoms with Gasteiger partial charge in [-0.1, -0.05) is 35.3 Å². The summed E-state index contributed by atoms with van der Waals surface area (Å²) in [5, 5.41) is 30.9. The Hall–Kier alpha value is -3.07. The van der Waals surface area contributed by atoms with Gasteiger partial charge in [-0.05, 0) is 10.4 Å². The van der Waals surface area contributed by atoms with E-state index in [-0.39, 0.29) is 27.0 Å². The zero-order valence-electron chi connectivity index (χ0n) is 18.7. The first-order valence-electron chi connectivity index (χ1n) is 9.65. The van der Waals surface area contributed by atoms with Gasteiger partial charge in [-0.2, -0.15) is 0 Å². The minimum atomic E-state index is -2.09. The molecule has 0 radical (unpaired) electrons. The Balaban J connectivity index is 1.79. The predicted octanol–water partition coefficient (Wildman–Crippen LogP) is -2.02. The van der Waals surface area contributed by atoms with Gasteiger partial charge in [0.1, 0.15) is 27.5 Å². The number of nitrogens with one attached hydrogen (secondary N) is 1. The van der Waals surface area contributed by atoms with Crippen LogP contribution in [0.3, 0.4) is 0 Å². The summed E-state index contributed by atoms with van der Waals surface area (Å²) in [6, 6.07) is 0. The number of aryl methyl sites for hydroxylation is 1. The van der Waals surface area contributed by atoms with Crippen molar-refractivity contribution in [3.63, 3.8) is 0 Å². The normalized spacial score (nSPS) is 23.4. The van der Waals surface area contributed by atoms with Crippen molar-refractivity contribution in [2.45, 2.75) is 20.8 Å². The van der Waals surface area contributed by atoms with E-state index >= 15 is 0 Å². The maximum atomic E-state index is 13.1. The fourth-order valence-corrected chi connectivity index (χ4v) is 6.63. The summed E-state index contributed by atoms with van der Waals surface area (Å²) in [6.45, 7) is 0. The molecule has 37 heavy (non-hydrogen) atoms. The molecule has 0 aliphatic carbocycles. The number of ether oxygens (including phenoxy) is 1. The number of carboxylic acid groups (broad SMARTS) is 2. The van der Waals surface area contributed by atoms with Crippen molar-refractivity contribution < 1.29 is 43.7 Å². The highest BCUT2D eigenvalue weighted by Gasteiger charge is 2.64. The van der Waals surface area contributed by atoms with Crippen molar-refractivity contribution in [2.24, 2.45) is 12.8 Å². The minimum Gasteiger partial charge on any atom is -0.477 e. The lowest BCUT2D eigenvalue weighted by molar-refractivity contribution is -0.191. The fraction of sp³-hybridized carbons (Fsp3) is 0.353. The lowest BCUT2D eigenvalue weighted by atomic mass is 9.99. The molecule has 20 heteroatoms. The van der Waals surface area contributed by atoms with Gasteiger partial charge >= 0.3 is 11.9 Å². The van der Waals surface area contributed by atoms with E-state index in [0.29, 0.717) is 4.90 Å². The maximum absolute atomic E-state index is 13.1. The first kappa shape index (κ1) is 28.5. The Kier molecular flexibility index (Phi) is 8.57. The molecule has 3 heterocycles. The number of nitrogens with two attached hydrogens (primary N) is 1. The predicted molar refractivity (Wildman–Crippen MR) is 131 cm³/mol. The molecule has 2 saturated heterocycles. The number of nitrogens with zero attached hydrogens (tertiary/aromatic N) is 5. The molecule has 2 aliphatic rings. The number of amides is 3. The van der Waals surface area contributed by atoms with Crippen LogP contribution >= 0.6 is 47.9 Å². The molecule has 3 rings (SSSR count). The first-order chi connectivity index (χ1) is 17.4. The van der Waals surface area contributed by atoms with Gasteiger partial charge in [-0.15, -0.1) is 17.7 Å². The van der Waals surface area contributed by atoms with Crippen LogP contribution in [0.1, 0.15) is 0 Å². The summed E-state index contributed by atoms with van der Waals surface area (Å²) in [4.78, 5) is 72.8. The largest absolute Gasteiger partial charge is 0.477 e. The van der Waals surface area contributed by atoms with Crippen LogP contribution in [0.5, 0.6) is 0 Å². The van der Waals surface area contributed by atoms with E-state index in [1.165, 1.54) is 11.7 Å². The highest BCUT2D eigenvalue weighted by Crippen LogP contribution is 2.53. The third-order valence-corrected chi connectivity index (χ3v) is 9.41. The highest BCUT2D eigenvalue weighted by atomic mass is 32.3. The third kappa shape index (κ3) is 5.19. The van der Waals surface area contributed by atoms with E-state index in [2.05, 4.69) is 33.5 Å². The average molecular weight is 592 g/mol. The smallest absolute Gasteiger partial charge is 0.353 e. The van der Waals surface area contributed by atoms with Crippen molar-refractivity contribution in [3.05, 3.63) is 21.1 Å². The zero-order valence-corrected chi connectivity index (χ0v) is 22.0. The fourth-order valence-electron chi connectivity index (χ4n) is 3.10. The van der Waals surface area contributed by atoms with E-state index < -0.39 is 56.6 Å². The minimum absolute atomic E-state index is 0.0120. The molecule has 198 valence electrons. The Morgan fingerprint density at radius 2 is 1.95 bits per heavy atom. The Labute approximate surface area is 225 Å². The topological polar surface area (TPSA) is 237 Å². The van der Waals surface area contributed by atoms with E-state index in [0.717, 1.165) is 42.4 Å². The molecule has 1 aromatic rings. The van der Waals surface area contributed by atoms with Crippen molar-refractivity contribution in [1.29, 1.82) is 0 Å². The van der Waals surface area contributed by atoms with Crippen molar-refractivity contribution in [2.75, 3.05) is 12.9 Å². The van der Waals surface area contributed by atoms with Crippen LogP contribution in [0.2, 0.25) is 0 Å². The molecule has 0 unspecified atom stereocenters. The van der Waals surface area contributed by atoms with Crippen LogP contribution in [0.15, 0.2) is 26.2 Å². The Morgan fingerprint density at radius 3 is 2.38 bits per heavy atom. The molecular weight excluding hydrogens is 574 g/mol. The molecule has 2 aliphatic heterocycles. The number of hydrogen-bond acceptors (Lipinski definition) is 14. The molecule has 16 nitrogen and oxygen atoms in total. The number of aldehydes is 1. The summed E-state index contributed by atoms with van der Waals surface area (Å²) in [5.41, 5.74) is 1.33. The number of tetrazole rings is 1.